The summed E-state index contributed by atoms with van der Waals surface area (Å²) in [5.74, 6) is 0.450. The van der Waals surface area contributed by atoms with Crippen molar-refractivity contribution in [2.75, 3.05) is 32.5 Å². The number of carbonyl (C=O) groups excluding carboxylic acids is 1. The third kappa shape index (κ3) is 3.85. The number of carbonyl (C=O) groups is 1. The molecular weight excluding hydrogens is 373 g/mol. The van der Waals surface area contributed by atoms with Gasteiger partial charge in [-0.15, -0.1) is 24.8 Å². The van der Waals surface area contributed by atoms with Crippen molar-refractivity contribution in [2.24, 2.45) is 0 Å². The second kappa shape index (κ2) is 8.48. The molecule has 0 bridgehead atoms. The summed E-state index contributed by atoms with van der Waals surface area (Å²) in [5.41, 5.74) is 6.70. The average Bonchev–Trinajstić information content (AvgIpc) is 2.95. The molecule has 24 heavy (non-hydrogen) atoms. The van der Waals surface area contributed by atoms with Gasteiger partial charge in [0.2, 0.25) is 0 Å². The van der Waals surface area contributed by atoms with Crippen LogP contribution in [-0.2, 0) is 0 Å². The number of anilines is 1. The van der Waals surface area contributed by atoms with Crippen LogP contribution in [0.25, 0.3) is 0 Å². The fourth-order valence-electron chi connectivity index (χ4n) is 3.53. The fraction of sp³-hybridized carbons (Fsp3) is 0.562. The first-order chi connectivity index (χ1) is 10.5. The first-order valence-electron chi connectivity index (χ1n) is 7.69. The molecule has 2 aliphatic rings. The molecule has 3 rings (SSSR count). The molecule has 0 saturated carbocycles. The van der Waals surface area contributed by atoms with Crippen LogP contribution < -0.4 is 10.5 Å². The highest BCUT2D eigenvalue weighted by molar-refractivity contribution is 6.33. The number of amides is 1. The Balaban J connectivity index is 0.00000144. The highest BCUT2D eigenvalue weighted by Crippen LogP contribution is 2.32. The number of benzene rings is 1. The molecule has 2 atom stereocenters. The molecule has 0 aliphatic carbocycles. The molecule has 136 valence electrons. The predicted octanol–water partition coefficient (Wildman–Crippen LogP) is 3.08. The summed E-state index contributed by atoms with van der Waals surface area (Å²) in [6.07, 6.45) is 2.38. The van der Waals surface area contributed by atoms with Crippen molar-refractivity contribution in [3.05, 3.63) is 22.7 Å². The Morgan fingerprint density at radius 1 is 1.33 bits per heavy atom. The molecule has 0 spiro atoms. The molecule has 8 heteroatoms. The lowest BCUT2D eigenvalue weighted by molar-refractivity contribution is 0.0393. The zero-order chi connectivity index (χ0) is 15.9. The molecule has 1 amide bonds. The van der Waals surface area contributed by atoms with Gasteiger partial charge in [-0.05, 0) is 32.4 Å². The third-order valence-corrected chi connectivity index (χ3v) is 5.07. The van der Waals surface area contributed by atoms with Gasteiger partial charge in [-0.2, -0.15) is 0 Å². The van der Waals surface area contributed by atoms with Crippen LogP contribution in [0.1, 0.15) is 30.1 Å². The van der Waals surface area contributed by atoms with Crippen LogP contribution >= 0.6 is 36.4 Å². The van der Waals surface area contributed by atoms with Crippen molar-refractivity contribution in [3.63, 3.8) is 0 Å². The molecule has 2 unspecified atom stereocenters. The summed E-state index contributed by atoms with van der Waals surface area (Å²) in [6, 6.07) is 3.90. The van der Waals surface area contributed by atoms with Crippen molar-refractivity contribution in [3.8, 4) is 5.75 Å². The van der Waals surface area contributed by atoms with Crippen molar-refractivity contribution in [2.45, 2.75) is 31.8 Å². The molecule has 2 aliphatic heterocycles. The second-order valence-corrected chi connectivity index (χ2v) is 6.58. The Hall–Kier alpha value is -0.880. The number of ether oxygens (including phenoxy) is 1. The topological polar surface area (TPSA) is 58.8 Å². The number of nitrogens with two attached hydrogens (primary N) is 1. The third-order valence-electron chi connectivity index (χ3n) is 4.75. The van der Waals surface area contributed by atoms with Crippen molar-refractivity contribution in [1.29, 1.82) is 0 Å². The van der Waals surface area contributed by atoms with E-state index in [4.69, 9.17) is 22.1 Å². The average molecular weight is 397 g/mol. The first kappa shape index (κ1) is 21.2. The van der Waals surface area contributed by atoms with Gasteiger partial charge >= 0.3 is 0 Å². The molecular formula is C16H24Cl3N3O2. The maximum atomic E-state index is 13.0. The van der Waals surface area contributed by atoms with Gasteiger partial charge < -0.3 is 15.4 Å². The van der Waals surface area contributed by atoms with E-state index in [-0.39, 0.29) is 36.8 Å². The van der Waals surface area contributed by atoms with Crippen LogP contribution in [-0.4, -0.2) is 54.5 Å². The molecule has 1 aromatic rings. The zero-order valence-electron chi connectivity index (χ0n) is 13.8. The van der Waals surface area contributed by atoms with E-state index in [9.17, 15) is 4.79 Å². The number of methoxy groups -OCH3 is 1. The van der Waals surface area contributed by atoms with E-state index in [1.807, 2.05) is 4.90 Å². The van der Waals surface area contributed by atoms with Gasteiger partial charge in [-0.1, -0.05) is 11.6 Å². The van der Waals surface area contributed by atoms with Gasteiger partial charge in [-0.25, -0.2) is 0 Å². The van der Waals surface area contributed by atoms with Crippen LogP contribution in [0.4, 0.5) is 5.69 Å². The standard InChI is InChI=1S/C16H22ClN3O2.2ClH/c1-10-8-19-5-3-4-11(19)9-20(10)16(21)12-6-13(17)14(18)7-15(12)22-2;;/h6-7,10-11H,3-5,8-9,18H2,1-2H3;2*1H. The van der Waals surface area contributed by atoms with Gasteiger partial charge in [0.25, 0.3) is 5.91 Å². The first-order valence-corrected chi connectivity index (χ1v) is 8.07. The number of halogens is 3. The maximum absolute atomic E-state index is 13.0. The zero-order valence-corrected chi connectivity index (χ0v) is 16.2. The van der Waals surface area contributed by atoms with Gasteiger partial charge in [0.05, 0.1) is 23.4 Å². The van der Waals surface area contributed by atoms with E-state index in [1.54, 1.807) is 12.1 Å². The van der Waals surface area contributed by atoms with Crippen LogP contribution in [0.15, 0.2) is 12.1 Å². The van der Waals surface area contributed by atoms with E-state index < -0.39 is 0 Å². The molecule has 0 radical (unpaired) electrons. The molecule has 2 fully saturated rings. The lowest BCUT2D eigenvalue weighted by atomic mass is 10.1. The SMILES string of the molecule is COc1cc(N)c(Cl)cc1C(=O)N1CC2CCCN2CC1C.Cl.Cl. The maximum Gasteiger partial charge on any atom is 0.258 e. The summed E-state index contributed by atoms with van der Waals surface area (Å²) in [6.45, 7) is 4.94. The van der Waals surface area contributed by atoms with Crippen molar-refractivity contribution in [1.82, 2.24) is 9.80 Å². The summed E-state index contributed by atoms with van der Waals surface area (Å²) in [7, 11) is 1.54. The number of hydrogen-bond donors (Lipinski definition) is 1. The molecule has 1 aromatic carbocycles. The Bertz CT molecular complexity index is 600. The Kier molecular flexibility index (Phi) is 7.47. The van der Waals surface area contributed by atoms with Gasteiger partial charge in [0.15, 0.2) is 0 Å². The van der Waals surface area contributed by atoms with Crippen molar-refractivity contribution < 1.29 is 9.53 Å². The van der Waals surface area contributed by atoms with Gasteiger partial charge in [0.1, 0.15) is 5.75 Å². The lowest BCUT2D eigenvalue weighted by Gasteiger charge is -2.42. The second-order valence-electron chi connectivity index (χ2n) is 6.17. The van der Waals surface area contributed by atoms with Crippen LogP contribution in [0, 0.1) is 0 Å². The van der Waals surface area contributed by atoms with E-state index in [0.29, 0.717) is 28.1 Å². The van der Waals surface area contributed by atoms with Crippen LogP contribution in [0.3, 0.4) is 0 Å². The Labute approximate surface area is 160 Å². The summed E-state index contributed by atoms with van der Waals surface area (Å²) in [5, 5.41) is 0.385. The monoisotopic (exact) mass is 395 g/mol. The van der Waals surface area contributed by atoms with E-state index in [0.717, 1.165) is 26.1 Å². The Morgan fingerprint density at radius 3 is 2.71 bits per heavy atom. The van der Waals surface area contributed by atoms with E-state index in [2.05, 4.69) is 11.8 Å². The molecule has 5 nitrogen and oxygen atoms in total. The smallest absolute Gasteiger partial charge is 0.258 e. The normalized spacial score (nSPS) is 23.0. The summed E-state index contributed by atoms with van der Waals surface area (Å²) < 4.78 is 5.32. The minimum Gasteiger partial charge on any atom is -0.496 e. The molecule has 2 heterocycles. The van der Waals surface area contributed by atoms with E-state index >= 15 is 0 Å². The number of nitrogens with zero attached hydrogens (tertiary/aromatic N) is 2. The number of nitrogen functional groups attached to an aromatic ring is 1. The number of fused-ring (bicyclic) bond motifs is 1. The number of hydrogen-bond acceptors (Lipinski definition) is 4. The fourth-order valence-corrected chi connectivity index (χ4v) is 3.69. The summed E-state index contributed by atoms with van der Waals surface area (Å²) in [4.78, 5) is 17.4. The molecule has 2 saturated heterocycles. The number of piperazine rings is 1. The largest absolute Gasteiger partial charge is 0.496 e. The van der Waals surface area contributed by atoms with Crippen molar-refractivity contribution >= 4 is 48.0 Å². The van der Waals surface area contributed by atoms with Gasteiger partial charge in [-0.3, -0.25) is 9.69 Å². The van der Waals surface area contributed by atoms with E-state index in [1.165, 1.54) is 13.5 Å². The quantitative estimate of drug-likeness (QED) is 0.781. The van der Waals surface area contributed by atoms with Crippen LogP contribution in [0.5, 0.6) is 5.75 Å². The lowest BCUT2D eigenvalue weighted by Crippen LogP contribution is -2.56. The van der Waals surface area contributed by atoms with Crippen LogP contribution in [0.2, 0.25) is 5.02 Å². The minimum atomic E-state index is -0.0298. The van der Waals surface area contributed by atoms with Gasteiger partial charge in [0, 0.05) is 31.2 Å². The molecule has 2 N–H and O–H groups in total. The Morgan fingerprint density at radius 2 is 2.04 bits per heavy atom. The highest BCUT2D eigenvalue weighted by Gasteiger charge is 2.37. The highest BCUT2D eigenvalue weighted by atomic mass is 35.5. The predicted molar refractivity (Wildman–Crippen MR) is 102 cm³/mol. The molecule has 0 aromatic heterocycles. The number of rotatable bonds is 2. The minimum absolute atomic E-state index is 0. The summed E-state index contributed by atoms with van der Waals surface area (Å²) >= 11 is 6.09.